The van der Waals surface area contributed by atoms with Gasteiger partial charge in [-0.15, -0.1) is 39.5 Å². The van der Waals surface area contributed by atoms with Crippen LogP contribution in [-0.2, 0) is 25.7 Å². The molecule has 0 aliphatic heterocycles. The summed E-state index contributed by atoms with van der Waals surface area (Å²) in [5.41, 5.74) is 21.8. The molecule has 0 atom stereocenters. The van der Waals surface area contributed by atoms with E-state index in [1.54, 1.807) is 0 Å². The zero-order valence-electron chi connectivity index (χ0n) is 53.9. The van der Waals surface area contributed by atoms with Crippen LogP contribution in [0.5, 0.6) is 0 Å². The molecule has 0 aliphatic carbocycles. The van der Waals surface area contributed by atoms with Crippen molar-refractivity contribution >= 4 is 26.5 Å². The molecule has 0 radical (unpaired) electrons. The molecule has 0 bridgehead atoms. The summed E-state index contributed by atoms with van der Waals surface area (Å²) in [6.07, 6.45) is 37.0. The van der Waals surface area contributed by atoms with Crippen LogP contribution in [0.15, 0.2) is 222 Å². The molecule has 0 spiro atoms. The Morgan fingerprint density at radius 3 is 0.616 bits per heavy atom. The van der Waals surface area contributed by atoms with Crippen molar-refractivity contribution in [3.63, 3.8) is 0 Å². The summed E-state index contributed by atoms with van der Waals surface area (Å²) < 4.78 is 0. The predicted molar refractivity (Wildman–Crippen MR) is 391 cm³/mol. The molecule has 0 amide bonds. The fourth-order valence-corrected chi connectivity index (χ4v) is 21.1. The van der Waals surface area contributed by atoms with Gasteiger partial charge in [0, 0.05) is 0 Å². The van der Waals surface area contributed by atoms with Crippen molar-refractivity contribution in [1.82, 2.24) is 0 Å². The molecular weight excluding hydrogens is 1070 g/mol. The molecule has 7 aromatic carbocycles. The van der Waals surface area contributed by atoms with E-state index in [9.17, 15) is 0 Å². The maximum atomic E-state index is 4.18. The molecule has 450 valence electrons. The number of hydrogen-bond acceptors (Lipinski definition) is 0. The Morgan fingerprint density at radius 2 is 0.430 bits per heavy atom. The minimum absolute atomic E-state index is 1.03. The van der Waals surface area contributed by atoms with Gasteiger partial charge in [-0.1, -0.05) is 297 Å². The largest absolute Gasteiger partial charge is 0.103 e. The molecule has 0 aliphatic rings. The lowest BCUT2D eigenvalue weighted by Gasteiger charge is -2.29. The summed E-state index contributed by atoms with van der Waals surface area (Å²) >= 11 is 0. The van der Waals surface area contributed by atoms with Crippen LogP contribution < -0.4 is 10.4 Å². The van der Waals surface area contributed by atoms with Crippen LogP contribution in [0, 0.1) is 0 Å². The second-order valence-electron chi connectivity index (χ2n) is 25.0. The molecule has 0 fully saturated rings. The molecule has 0 N–H and O–H groups in total. The lowest BCUT2D eigenvalue weighted by molar-refractivity contribution is 0.664. The number of benzene rings is 7. The van der Waals surface area contributed by atoms with E-state index in [2.05, 4.69) is 249 Å². The zero-order chi connectivity index (χ0) is 61.0. The fourth-order valence-electron chi connectivity index (χ4n) is 13.7. The molecule has 2 heteroatoms. The van der Waals surface area contributed by atoms with Crippen LogP contribution in [0.25, 0.3) is 66.8 Å². The van der Waals surface area contributed by atoms with Gasteiger partial charge in [-0.3, -0.25) is 0 Å². The minimum Gasteiger partial charge on any atom is -0.103 e. The first-order chi connectivity index (χ1) is 42.2. The van der Waals surface area contributed by atoms with E-state index in [0.29, 0.717) is 0 Å². The first kappa shape index (κ1) is 66.9. The van der Waals surface area contributed by atoms with Crippen molar-refractivity contribution in [3.05, 3.63) is 244 Å². The predicted octanol–water partition coefficient (Wildman–Crippen LogP) is 24.6. The molecule has 0 saturated heterocycles. The number of hydrogen-bond donors (Lipinski definition) is 0. The van der Waals surface area contributed by atoms with Crippen LogP contribution in [0.1, 0.15) is 153 Å². The average Bonchev–Trinajstić information content (AvgIpc) is 3.71. The smallest absolute Gasteiger partial charge is 0.0977 e. The lowest BCUT2D eigenvalue weighted by Crippen LogP contribution is -2.46. The monoisotopic (exact) mass is 1170 g/mol. The highest BCUT2D eigenvalue weighted by Crippen LogP contribution is 2.39. The normalized spacial score (nSPS) is 11.6. The van der Waals surface area contributed by atoms with Gasteiger partial charge in [-0.2, -0.15) is 0 Å². The van der Waals surface area contributed by atoms with E-state index >= 15 is 0 Å². The highest BCUT2D eigenvalue weighted by Gasteiger charge is 2.32. The SMILES string of the molecule is C=CC[Si](CC=C)(CC=C)c1ccc(-c2cc(CCCCCC)c(-c3ccc(-c4ccc(-c5ccc(-c6cc(CCCCCC)c(-c7ccc([Si](CC=C)(CC=C)CC=C)cc7)cc6CCCCCC)cc5)cc4)cc3)cc2CCCCCC)cc1. The van der Waals surface area contributed by atoms with Gasteiger partial charge in [-0.05, 0) is 177 Å². The van der Waals surface area contributed by atoms with Gasteiger partial charge in [0.1, 0.15) is 0 Å². The maximum absolute atomic E-state index is 4.18. The van der Waals surface area contributed by atoms with Crippen molar-refractivity contribution < 1.29 is 0 Å². The topological polar surface area (TPSA) is 0 Å². The highest BCUT2D eigenvalue weighted by atomic mass is 28.3. The van der Waals surface area contributed by atoms with Gasteiger partial charge in [0.2, 0.25) is 0 Å². The summed E-state index contributed by atoms with van der Waals surface area (Å²) in [6, 6.07) is 64.1. The lowest BCUT2D eigenvalue weighted by atomic mass is 9.86. The Labute approximate surface area is 526 Å². The molecule has 0 nitrogen and oxygen atoms in total. The van der Waals surface area contributed by atoms with Crippen molar-refractivity contribution in [1.29, 1.82) is 0 Å². The Kier molecular flexibility index (Phi) is 27.5. The van der Waals surface area contributed by atoms with E-state index in [-0.39, 0.29) is 0 Å². The van der Waals surface area contributed by atoms with Crippen LogP contribution >= 0.6 is 0 Å². The number of unbranched alkanes of at least 4 members (excludes halogenated alkanes) is 12. The molecule has 0 saturated carbocycles. The van der Waals surface area contributed by atoms with Crippen molar-refractivity contribution in [2.75, 3.05) is 0 Å². The number of aryl methyl sites for hydroxylation is 4. The van der Waals surface area contributed by atoms with Gasteiger partial charge >= 0.3 is 0 Å². The summed E-state index contributed by atoms with van der Waals surface area (Å²) in [6.45, 7) is 34.3. The third-order valence-corrected chi connectivity index (χ3v) is 28.2. The third kappa shape index (κ3) is 17.8. The Hall–Kier alpha value is -6.59. The maximum Gasteiger partial charge on any atom is 0.0977 e. The van der Waals surface area contributed by atoms with Crippen LogP contribution in [0.4, 0.5) is 0 Å². The van der Waals surface area contributed by atoms with Gasteiger partial charge in [0.25, 0.3) is 0 Å². The Morgan fingerprint density at radius 1 is 0.244 bits per heavy atom. The number of allylic oxidation sites excluding steroid dienone is 6. The Bertz CT molecular complexity index is 2950. The minimum atomic E-state index is -1.88. The van der Waals surface area contributed by atoms with E-state index in [1.165, 1.54) is 202 Å². The molecule has 0 aromatic heterocycles. The molecular formula is C84H106Si2. The van der Waals surface area contributed by atoms with Crippen LogP contribution in [0.2, 0.25) is 36.3 Å². The zero-order valence-corrected chi connectivity index (χ0v) is 55.9. The molecule has 7 aromatic rings. The standard InChI is InChI=1S/C84H106Si2/c1-11-21-25-29-33-75-65-83(73-49-53-79(54-50-73)85(57-15-5,58-16-6)59-17-7)77(35-31-27-23-13-3)63-81(75)71-45-41-69(42-46-71)67-37-39-68(40-38-67)70-43-47-72(48-44-70)82-64-78(36-32-28-24-14-4)84(66-76(82)34-30-26-22-12-2)74-51-55-80(56-52-74)86(60-18-8,61-19-9)62-20-10/h15-20,37-56,63-66H,5-14,21-36,57-62H2,1-4H3. The summed E-state index contributed by atoms with van der Waals surface area (Å²) in [5.74, 6) is 0. The van der Waals surface area contributed by atoms with Crippen molar-refractivity contribution in [2.24, 2.45) is 0 Å². The Balaban J connectivity index is 1.18. The second kappa shape index (κ2) is 35.3. The fraction of sp³-hybridized carbons (Fsp3) is 0.357. The van der Waals surface area contributed by atoms with Crippen molar-refractivity contribution in [3.8, 4) is 66.8 Å². The van der Waals surface area contributed by atoms with Crippen molar-refractivity contribution in [2.45, 2.75) is 192 Å². The summed E-state index contributed by atoms with van der Waals surface area (Å²) in [7, 11) is -3.76. The first-order valence-corrected chi connectivity index (χ1v) is 38.9. The van der Waals surface area contributed by atoms with Gasteiger partial charge in [0.15, 0.2) is 0 Å². The van der Waals surface area contributed by atoms with E-state index < -0.39 is 16.1 Å². The van der Waals surface area contributed by atoms with Crippen LogP contribution in [0.3, 0.4) is 0 Å². The van der Waals surface area contributed by atoms with E-state index in [1.807, 2.05) is 0 Å². The summed E-state index contributed by atoms with van der Waals surface area (Å²) in [5, 5.41) is 2.95. The average molecular weight is 1170 g/mol. The highest BCUT2D eigenvalue weighted by molar-refractivity contribution is 6.93. The van der Waals surface area contributed by atoms with E-state index in [0.717, 1.165) is 61.9 Å². The quantitative estimate of drug-likeness (QED) is 0.0204. The summed E-state index contributed by atoms with van der Waals surface area (Å²) in [4.78, 5) is 0. The molecule has 86 heavy (non-hydrogen) atoms. The molecule has 0 unspecified atom stereocenters. The van der Waals surface area contributed by atoms with Gasteiger partial charge in [0.05, 0.1) is 16.1 Å². The second-order valence-corrected chi connectivity index (χ2v) is 33.7. The first-order valence-electron chi connectivity index (χ1n) is 33.7. The van der Waals surface area contributed by atoms with Crippen LogP contribution in [-0.4, -0.2) is 16.1 Å². The number of rotatable bonds is 40. The van der Waals surface area contributed by atoms with Gasteiger partial charge < -0.3 is 0 Å². The van der Waals surface area contributed by atoms with E-state index in [4.69, 9.17) is 0 Å². The van der Waals surface area contributed by atoms with Gasteiger partial charge in [-0.25, -0.2) is 0 Å². The third-order valence-electron chi connectivity index (χ3n) is 18.6. The molecule has 7 rings (SSSR count). The molecule has 0 heterocycles.